The van der Waals surface area contributed by atoms with Crippen LogP contribution >= 0.6 is 0 Å². The topological polar surface area (TPSA) is 58.1 Å². The van der Waals surface area contributed by atoms with Gasteiger partial charge in [-0.2, -0.15) is 0 Å². The van der Waals surface area contributed by atoms with Crippen molar-refractivity contribution in [2.45, 2.75) is 32.1 Å². The first-order valence-electron chi connectivity index (χ1n) is 9.11. The lowest BCUT2D eigenvalue weighted by Crippen LogP contribution is -2.40. The summed E-state index contributed by atoms with van der Waals surface area (Å²) in [6.45, 7) is 4.76. The Bertz CT molecular complexity index is 654. The number of nitrogens with zero attached hydrogens (tertiary/aromatic N) is 3. The van der Waals surface area contributed by atoms with Gasteiger partial charge in [-0.05, 0) is 30.7 Å². The zero-order valence-electron chi connectivity index (χ0n) is 14.8. The Morgan fingerprint density at radius 3 is 2.64 bits per heavy atom. The molecule has 3 rings (SSSR count). The lowest BCUT2D eigenvalue weighted by molar-refractivity contribution is -0.122. The first-order valence-corrected chi connectivity index (χ1v) is 9.11. The number of hydrogen-bond donors (Lipinski definition) is 1. The molecule has 1 amide bonds. The molecule has 1 fully saturated rings. The van der Waals surface area contributed by atoms with E-state index in [2.05, 4.69) is 27.1 Å². The molecule has 1 aliphatic rings. The van der Waals surface area contributed by atoms with E-state index >= 15 is 0 Å². The predicted octanol–water partition coefficient (Wildman–Crippen LogP) is 3.00. The normalized spacial score (nSPS) is 16.4. The molecule has 0 radical (unpaired) electrons. The molecular weight excluding hydrogens is 312 g/mol. The molecule has 25 heavy (non-hydrogen) atoms. The van der Waals surface area contributed by atoms with Crippen LogP contribution in [0.15, 0.2) is 48.9 Å². The Kier molecular flexibility index (Phi) is 5.99. The summed E-state index contributed by atoms with van der Waals surface area (Å²) in [7, 11) is 0. The third-order valence-electron chi connectivity index (χ3n) is 4.98. The van der Waals surface area contributed by atoms with Gasteiger partial charge in [0.2, 0.25) is 5.91 Å². The van der Waals surface area contributed by atoms with Gasteiger partial charge in [-0.15, -0.1) is 0 Å². The minimum absolute atomic E-state index is 0.0547. The number of benzene rings is 1. The van der Waals surface area contributed by atoms with Gasteiger partial charge in [0.25, 0.3) is 0 Å². The maximum atomic E-state index is 12.6. The SMILES string of the molecule is CC[C@@H](C(=O)NCC1CCN(c2cnccn2)CC1)c1ccccc1. The number of amides is 1. The van der Waals surface area contributed by atoms with E-state index < -0.39 is 0 Å². The van der Waals surface area contributed by atoms with Crippen molar-refractivity contribution in [2.24, 2.45) is 5.92 Å². The van der Waals surface area contributed by atoms with Crippen LogP contribution in [0.2, 0.25) is 0 Å². The highest BCUT2D eigenvalue weighted by molar-refractivity contribution is 5.83. The van der Waals surface area contributed by atoms with E-state index in [1.165, 1.54) is 0 Å². The van der Waals surface area contributed by atoms with Crippen molar-refractivity contribution in [1.29, 1.82) is 0 Å². The van der Waals surface area contributed by atoms with Crippen molar-refractivity contribution in [3.05, 3.63) is 54.5 Å². The van der Waals surface area contributed by atoms with Crippen LogP contribution in [0.3, 0.4) is 0 Å². The number of hydrogen-bond acceptors (Lipinski definition) is 4. The Balaban J connectivity index is 1.47. The summed E-state index contributed by atoms with van der Waals surface area (Å²) in [5, 5.41) is 3.17. The van der Waals surface area contributed by atoms with Crippen LogP contribution in [0, 0.1) is 5.92 Å². The second-order valence-electron chi connectivity index (χ2n) is 6.61. The smallest absolute Gasteiger partial charge is 0.227 e. The van der Waals surface area contributed by atoms with Gasteiger partial charge >= 0.3 is 0 Å². The Morgan fingerprint density at radius 1 is 1.24 bits per heavy atom. The molecule has 1 aromatic heterocycles. The number of carbonyl (C=O) groups is 1. The molecule has 1 N–H and O–H groups in total. The molecule has 0 spiro atoms. The first-order chi connectivity index (χ1) is 12.3. The molecule has 1 saturated heterocycles. The highest BCUT2D eigenvalue weighted by Crippen LogP contribution is 2.22. The summed E-state index contributed by atoms with van der Waals surface area (Å²) in [6, 6.07) is 10.0. The van der Waals surface area contributed by atoms with Crippen LogP contribution in [0.5, 0.6) is 0 Å². The highest BCUT2D eigenvalue weighted by Gasteiger charge is 2.23. The fourth-order valence-electron chi connectivity index (χ4n) is 3.45. The van der Waals surface area contributed by atoms with Crippen molar-refractivity contribution < 1.29 is 4.79 Å². The lowest BCUT2D eigenvalue weighted by atomic mass is 9.94. The van der Waals surface area contributed by atoms with Gasteiger partial charge in [-0.25, -0.2) is 4.98 Å². The highest BCUT2D eigenvalue weighted by atomic mass is 16.1. The molecule has 1 aromatic carbocycles. The average molecular weight is 338 g/mol. The molecular formula is C20H26N4O. The number of anilines is 1. The molecule has 1 aliphatic heterocycles. The summed E-state index contributed by atoms with van der Waals surface area (Å²) < 4.78 is 0. The second-order valence-corrected chi connectivity index (χ2v) is 6.61. The molecule has 5 heteroatoms. The summed E-state index contributed by atoms with van der Waals surface area (Å²) >= 11 is 0. The molecule has 2 aromatic rings. The summed E-state index contributed by atoms with van der Waals surface area (Å²) in [5.74, 6) is 1.57. The molecule has 2 heterocycles. The third-order valence-corrected chi connectivity index (χ3v) is 4.98. The van der Waals surface area contributed by atoms with Gasteiger partial charge in [0.05, 0.1) is 12.1 Å². The van der Waals surface area contributed by atoms with Crippen LogP contribution < -0.4 is 10.2 Å². The maximum absolute atomic E-state index is 12.6. The van der Waals surface area contributed by atoms with Crippen molar-refractivity contribution >= 4 is 11.7 Å². The standard InChI is InChI=1S/C20H26N4O/c1-2-18(17-6-4-3-5-7-17)20(25)23-14-16-8-12-24(13-9-16)19-15-21-10-11-22-19/h3-7,10-11,15-16,18H,2,8-9,12-14H2,1H3,(H,23,25)/t18-/m1/s1. The van der Waals surface area contributed by atoms with E-state index in [9.17, 15) is 4.79 Å². The zero-order valence-corrected chi connectivity index (χ0v) is 14.8. The van der Waals surface area contributed by atoms with Crippen molar-refractivity contribution in [3.8, 4) is 0 Å². The predicted molar refractivity (Wildman–Crippen MR) is 99.5 cm³/mol. The van der Waals surface area contributed by atoms with Crippen LogP contribution in [-0.2, 0) is 4.79 Å². The molecule has 0 saturated carbocycles. The van der Waals surface area contributed by atoms with E-state index in [1.807, 2.05) is 36.5 Å². The first kappa shape index (κ1) is 17.4. The van der Waals surface area contributed by atoms with Crippen molar-refractivity contribution in [3.63, 3.8) is 0 Å². The molecule has 132 valence electrons. The van der Waals surface area contributed by atoms with E-state index in [0.29, 0.717) is 5.92 Å². The number of piperidine rings is 1. The Morgan fingerprint density at radius 2 is 2.00 bits per heavy atom. The average Bonchev–Trinajstić information content (AvgIpc) is 2.69. The zero-order chi connectivity index (χ0) is 17.5. The monoisotopic (exact) mass is 338 g/mol. The van der Waals surface area contributed by atoms with E-state index in [0.717, 1.165) is 50.3 Å². The van der Waals surface area contributed by atoms with Gasteiger partial charge in [0.15, 0.2) is 0 Å². The lowest BCUT2D eigenvalue weighted by Gasteiger charge is -2.32. The molecule has 1 atom stereocenters. The van der Waals surface area contributed by atoms with Gasteiger partial charge in [-0.3, -0.25) is 9.78 Å². The quantitative estimate of drug-likeness (QED) is 0.880. The van der Waals surface area contributed by atoms with E-state index in [-0.39, 0.29) is 11.8 Å². The largest absolute Gasteiger partial charge is 0.355 e. The van der Waals surface area contributed by atoms with Crippen molar-refractivity contribution in [1.82, 2.24) is 15.3 Å². The number of carbonyl (C=O) groups excluding carboxylic acids is 1. The van der Waals surface area contributed by atoms with Crippen LogP contribution in [0.25, 0.3) is 0 Å². The fraction of sp³-hybridized carbons (Fsp3) is 0.450. The summed E-state index contributed by atoms with van der Waals surface area (Å²) in [6.07, 6.45) is 8.20. The Hall–Kier alpha value is -2.43. The minimum atomic E-state index is -0.0547. The third kappa shape index (κ3) is 4.56. The van der Waals surface area contributed by atoms with E-state index in [1.54, 1.807) is 12.4 Å². The number of rotatable bonds is 6. The molecule has 5 nitrogen and oxygen atoms in total. The van der Waals surface area contributed by atoms with Gasteiger partial charge in [0, 0.05) is 32.0 Å². The summed E-state index contributed by atoms with van der Waals surface area (Å²) in [5.41, 5.74) is 1.10. The molecule has 0 aliphatic carbocycles. The van der Waals surface area contributed by atoms with Gasteiger partial charge in [0.1, 0.15) is 5.82 Å². The fourth-order valence-corrected chi connectivity index (χ4v) is 3.45. The summed E-state index contributed by atoms with van der Waals surface area (Å²) in [4.78, 5) is 23.3. The number of nitrogens with one attached hydrogen (secondary N) is 1. The van der Waals surface area contributed by atoms with Gasteiger partial charge < -0.3 is 10.2 Å². The molecule has 0 bridgehead atoms. The van der Waals surface area contributed by atoms with E-state index in [4.69, 9.17) is 0 Å². The maximum Gasteiger partial charge on any atom is 0.227 e. The van der Waals surface area contributed by atoms with Crippen LogP contribution in [-0.4, -0.2) is 35.5 Å². The minimum Gasteiger partial charge on any atom is -0.355 e. The molecule has 0 unspecified atom stereocenters. The van der Waals surface area contributed by atoms with Crippen LogP contribution in [0.1, 0.15) is 37.7 Å². The second kappa shape index (κ2) is 8.60. The Labute approximate surface area is 149 Å². The number of aromatic nitrogens is 2. The van der Waals surface area contributed by atoms with Crippen molar-refractivity contribution in [2.75, 3.05) is 24.5 Å². The van der Waals surface area contributed by atoms with Crippen LogP contribution in [0.4, 0.5) is 5.82 Å². The van der Waals surface area contributed by atoms with Gasteiger partial charge in [-0.1, -0.05) is 37.3 Å².